The van der Waals surface area contributed by atoms with Crippen LogP contribution in [-0.4, -0.2) is 41.9 Å². The molecule has 4 nitrogen and oxygen atoms in total. The molecule has 0 spiro atoms. The number of rotatable bonds is 15. The average Bonchev–Trinajstić information content (AvgIpc) is 3.45. The van der Waals surface area contributed by atoms with Crippen molar-refractivity contribution < 1.29 is 18.4 Å². The Morgan fingerprint density at radius 2 is 1.13 bits per heavy atom. The molecule has 0 amide bonds. The first-order valence-electron chi connectivity index (χ1n) is 16.3. The van der Waals surface area contributed by atoms with Crippen molar-refractivity contribution >= 4 is 41.1 Å². The lowest BCUT2D eigenvalue weighted by Crippen LogP contribution is -2.41. The number of hydrogen-bond acceptors (Lipinski definition) is 4. The predicted octanol–water partition coefficient (Wildman–Crippen LogP) is 9.70. The topological polar surface area (TPSA) is 44.8 Å². The molecular formula is C39H56O4PSi2. The van der Waals surface area contributed by atoms with Gasteiger partial charge in [0.2, 0.25) is 0 Å². The number of carbonyl (C=O) groups excluding carboxylic acids is 1. The highest BCUT2D eigenvalue weighted by Crippen LogP contribution is 2.56. The van der Waals surface area contributed by atoms with E-state index < -0.39 is 30.7 Å². The Labute approximate surface area is 284 Å². The van der Waals surface area contributed by atoms with Crippen LogP contribution in [0.5, 0.6) is 0 Å². The molecule has 1 aliphatic carbocycles. The van der Waals surface area contributed by atoms with Crippen molar-refractivity contribution in [2.24, 2.45) is 0 Å². The summed E-state index contributed by atoms with van der Waals surface area (Å²) in [5, 5.41) is 2.57. The number of carbonyl (C=O) groups is 1. The molecule has 1 fully saturated rings. The molecule has 0 bridgehead atoms. The normalized spacial score (nSPS) is 15.5. The Hall–Kier alpha value is -1.83. The van der Waals surface area contributed by atoms with E-state index in [1.165, 1.54) is 10.6 Å². The molecule has 0 aromatic heterocycles. The monoisotopic (exact) mass is 675 g/mol. The summed E-state index contributed by atoms with van der Waals surface area (Å²) in [7, 11) is -4.87. The van der Waals surface area contributed by atoms with Crippen LogP contribution >= 0.6 is 7.92 Å². The highest BCUT2D eigenvalue weighted by Gasteiger charge is 2.43. The van der Waals surface area contributed by atoms with Gasteiger partial charge in [0, 0.05) is 18.5 Å². The largest absolute Gasteiger partial charge is 0.461 e. The van der Waals surface area contributed by atoms with Crippen LogP contribution in [0.1, 0.15) is 54.4 Å². The smallest absolute Gasteiger partial charge is 0.314 e. The van der Waals surface area contributed by atoms with E-state index in [9.17, 15) is 4.79 Å². The fraction of sp³-hybridized carbons (Fsp3) is 0.436. The summed E-state index contributed by atoms with van der Waals surface area (Å²) in [5.41, 5.74) is 2.83. The maximum Gasteiger partial charge on any atom is 0.314 e. The summed E-state index contributed by atoms with van der Waals surface area (Å²) in [6.07, 6.45) is 6.49. The second kappa shape index (κ2) is 16.0. The minimum Gasteiger partial charge on any atom is -0.461 e. The van der Waals surface area contributed by atoms with Crippen LogP contribution in [-0.2, 0) is 18.4 Å². The Morgan fingerprint density at radius 1 is 0.717 bits per heavy atom. The highest BCUT2D eigenvalue weighted by molar-refractivity contribution is 7.76. The molecule has 1 aliphatic rings. The van der Waals surface area contributed by atoms with E-state index >= 15 is 0 Å². The Bertz CT molecular complexity index is 1210. The third kappa shape index (κ3) is 10.6. The molecule has 5 radical (unpaired) electrons. The highest BCUT2D eigenvalue weighted by atomic mass is 31.1. The minimum absolute atomic E-state index is 0.0958. The van der Waals surface area contributed by atoms with E-state index in [4.69, 9.17) is 13.6 Å². The maximum atomic E-state index is 14.0. The van der Waals surface area contributed by atoms with Crippen LogP contribution in [0.2, 0.25) is 36.3 Å². The Kier molecular flexibility index (Phi) is 13.5. The van der Waals surface area contributed by atoms with E-state index in [-0.39, 0.29) is 16.0 Å². The van der Waals surface area contributed by atoms with Crippen LogP contribution in [0.15, 0.2) is 85.0 Å². The summed E-state index contributed by atoms with van der Waals surface area (Å²) in [4.78, 5) is 14.0. The van der Waals surface area contributed by atoms with Gasteiger partial charge in [-0.3, -0.25) is 4.79 Å². The first-order chi connectivity index (χ1) is 21.3. The molecular weight excluding hydrogens is 620 g/mol. The standard InChI is InChI=1S/C39H56O4PSi2/c1-30(28-41-45(9,10)38(3,4)5)26-32(27-31(2)29-42-46(11,12)39(6,7)8)43-37(40)35-24-19-25-36(35)44(33-20-15-13-16-21-33)34-22-17-14-18-23-34/h13-25,32H,1-2,26-29H2,3-12H3. The first-order valence-corrected chi connectivity index (χ1v) is 23.5. The lowest BCUT2D eigenvalue weighted by atomic mass is 10.0. The fourth-order valence-corrected chi connectivity index (χ4v) is 8.92. The van der Waals surface area contributed by atoms with Crippen LogP contribution in [0, 0.1) is 30.8 Å². The van der Waals surface area contributed by atoms with Crippen LogP contribution in [0.25, 0.3) is 0 Å². The zero-order valence-electron chi connectivity index (χ0n) is 29.9. The van der Waals surface area contributed by atoms with E-state index in [1.807, 2.05) is 25.0 Å². The predicted molar refractivity (Wildman–Crippen MR) is 202 cm³/mol. The summed E-state index contributed by atoms with van der Waals surface area (Å²) < 4.78 is 19.3. The van der Waals surface area contributed by atoms with Crippen molar-refractivity contribution in [3.63, 3.8) is 0 Å². The lowest BCUT2D eigenvalue weighted by Gasteiger charge is -2.37. The summed E-state index contributed by atoms with van der Waals surface area (Å²) in [6.45, 7) is 32.0. The van der Waals surface area contributed by atoms with Gasteiger partial charge in [0.05, 0.1) is 13.2 Å². The number of ether oxygens (including phenoxy) is 1. The SMILES string of the molecule is C=C(CO[Si](C)(C)C(C)(C)C)CC(CC(=C)CO[Si](C)(C)C(C)(C)C)OC(=O)[C]1[CH][CH][CH][C]1P(c1ccccc1)c1ccccc1. The molecule has 46 heavy (non-hydrogen) atoms. The van der Waals surface area contributed by atoms with Crippen molar-refractivity contribution in [1.82, 2.24) is 0 Å². The molecule has 0 saturated heterocycles. The fourth-order valence-electron chi connectivity index (χ4n) is 4.49. The number of hydrogen-bond donors (Lipinski definition) is 0. The second-order valence-corrected chi connectivity index (χ2v) is 27.2. The molecule has 0 heterocycles. The molecule has 7 heteroatoms. The molecule has 0 unspecified atom stereocenters. The first kappa shape index (κ1) is 38.6. The van der Waals surface area contributed by atoms with Crippen molar-refractivity contribution in [1.29, 1.82) is 0 Å². The Balaban J connectivity index is 1.80. The minimum atomic E-state index is -1.96. The zero-order valence-corrected chi connectivity index (χ0v) is 32.8. The average molecular weight is 676 g/mol. The van der Waals surface area contributed by atoms with Gasteiger partial charge in [-0.1, -0.05) is 115 Å². The van der Waals surface area contributed by atoms with Crippen molar-refractivity contribution in [2.45, 2.75) is 96.8 Å². The Morgan fingerprint density at radius 3 is 1.52 bits per heavy atom. The number of benzene rings is 2. The van der Waals surface area contributed by atoms with Crippen LogP contribution in [0.3, 0.4) is 0 Å². The number of esters is 1. The molecule has 249 valence electrons. The van der Waals surface area contributed by atoms with E-state index in [0.717, 1.165) is 16.8 Å². The van der Waals surface area contributed by atoms with E-state index in [0.29, 0.717) is 32.0 Å². The van der Waals surface area contributed by atoms with Crippen molar-refractivity contribution in [3.8, 4) is 0 Å². The third-order valence-electron chi connectivity index (χ3n) is 9.48. The zero-order chi connectivity index (χ0) is 34.3. The van der Waals surface area contributed by atoms with Gasteiger partial charge in [-0.25, -0.2) is 0 Å². The van der Waals surface area contributed by atoms with Gasteiger partial charge in [-0.05, 0) is 85.2 Å². The van der Waals surface area contributed by atoms with Crippen molar-refractivity contribution in [2.75, 3.05) is 13.2 Å². The van der Waals surface area contributed by atoms with Gasteiger partial charge in [-0.15, -0.1) is 0 Å². The molecule has 2 aromatic carbocycles. The van der Waals surface area contributed by atoms with Crippen LogP contribution in [0.4, 0.5) is 0 Å². The van der Waals surface area contributed by atoms with Gasteiger partial charge in [0.1, 0.15) is 12.0 Å². The summed E-state index contributed by atoms with van der Waals surface area (Å²) in [5.74, 6) is 0.288. The summed E-state index contributed by atoms with van der Waals surface area (Å²) in [6, 6.07) is 20.8. The van der Waals surface area contributed by atoms with Gasteiger partial charge < -0.3 is 13.6 Å². The third-order valence-corrected chi connectivity index (χ3v) is 20.9. The maximum absolute atomic E-state index is 14.0. The molecule has 0 N–H and O–H groups in total. The quantitative estimate of drug-likeness (QED) is 0.0816. The van der Waals surface area contributed by atoms with Gasteiger partial charge in [0.15, 0.2) is 16.6 Å². The van der Waals surface area contributed by atoms with Crippen LogP contribution < -0.4 is 10.6 Å². The van der Waals surface area contributed by atoms with E-state index in [1.54, 1.807) is 0 Å². The molecule has 3 rings (SSSR count). The summed E-state index contributed by atoms with van der Waals surface area (Å²) >= 11 is 0. The van der Waals surface area contributed by atoms with Crippen molar-refractivity contribution in [3.05, 3.63) is 116 Å². The molecule has 0 aliphatic heterocycles. The van der Waals surface area contributed by atoms with Gasteiger partial charge in [0.25, 0.3) is 0 Å². The lowest BCUT2D eigenvalue weighted by molar-refractivity contribution is -0.145. The van der Waals surface area contributed by atoms with Gasteiger partial charge in [-0.2, -0.15) is 0 Å². The molecule has 2 aromatic rings. The van der Waals surface area contributed by atoms with Gasteiger partial charge >= 0.3 is 5.97 Å². The van der Waals surface area contributed by atoms with E-state index in [2.05, 4.69) is 136 Å². The molecule has 1 saturated carbocycles. The second-order valence-electron chi connectivity index (χ2n) is 15.4. The molecule has 0 atom stereocenters.